The van der Waals surface area contributed by atoms with Gasteiger partial charge >= 0.3 is 11.9 Å². The van der Waals surface area contributed by atoms with Gasteiger partial charge in [0.05, 0.1) is 13.1 Å². The molecule has 33 heavy (non-hydrogen) atoms. The van der Waals surface area contributed by atoms with Crippen molar-refractivity contribution < 1.29 is 29.4 Å². The molecule has 0 spiro atoms. The van der Waals surface area contributed by atoms with Crippen LogP contribution in [0.15, 0.2) is 60.7 Å². The fraction of sp³-hybridized carbons (Fsp3) is 0.333. The number of unbranched alkanes of at least 4 members (excludes halogenated alkanes) is 1. The second kappa shape index (κ2) is 16.0. The van der Waals surface area contributed by atoms with Crippen LogP contribution in [0.4, 0.5) is 11.4 Å². The lowest BCUT2D eigenvalue weighted by atomic mass is 10.2. The maximum atomic E-state index is 12.1. The van der Waals surface area contributed by atoms with Gasteiger partial charge in [-0.3, -0.25) is 24.1 Å². The predicted octanol–water partition coefficient (Wildman–Crippen LogP) is 3.30. The summed E-state index contributed by atoms with van der Waals surface area (Å²) in [6.07, 6.45) is 1.79. The number of benzene rings is 2. The lowest BCUT2D eigenvalue weighted by molar-refractivity contribution is -0.139. The van der Waals surface area contributed by atoms with Gasteiger partial charge in [0.25, 0.3) is 0 Å². The highest BCUT2D eigenvalue weighted by molar-refractivity contribution is 5.92. The van der Waals surface area contributed by atoms with Crippen LogP contribution in [0.1, 0.15) is 32.6 Å². The van der Waals surface area contributed by atoms with Crippen molar-refractivity contribution in [3.05, 3.63) is 60.7 Å². The highest BCUT2D eigenvalue weighted by Crippen LogP contribution is 2.08. The van der Waals surface area contributed by atoms with Crippen LogP contribution < -0.4 is 10.6 Å². The maximum Gasteiger partial charge on any atom is 0.317 e. The van der Waals surface area contributed by atoms with E-state index in [1.165, 1.54) is 0 Å². The highest BCUT2D eigenvalue weighted by Gasteiger charge is 2.14. The van der Waals surface area contributed by atoms with E-state index in [9.17, 15) is 19.2 Å². The zero-order valence-corrected chi connectivity index (χ0v) is 18.7. The Balaban J connectivity index is 0.000000981. The minimum atomic E-state index is -0.991. The van der Waals surface area contributed by atoms with Gasteiger partial charge in [-0.15, -0.1) is 0 Å². The van der Waals surface area contributed by atoms with E-state index in [-0.39, 0.29) is 31.3 Å². The summed E-state index contributed by atoms with van der Waals surface area (Å²) < 4.78 is 0. The van der Waals surface area contributed by atoms with Gasteiger partial charge in [0.2, 0.25) is 11.8 Å². The van der Waals surface area contributed by atoms with Crippen LogP contribution in [0, 0.1) is 0 Å². The molecule has 0 unspecified atom stereocenters. The van der Waals surface area contributed by atoms with E-state index in [1.54, 1.807) is 24.0 Å². The summed E-state index contributed by atoms with van der Waals surface area (Å²) in [5.41, 5.74) is 1.41. The Hall–Kier alpha value is -3.72. The van der Waals surface area contributed by atoms with Gasteiger partial charge in [0.1, 0.15) is 0 Å². The number of nitrogens with one attached hydrogen (secondary N) is 2. The van der Waals surface area contributed by atoms with Crippen LogP contribution in [-0.2, 0) is 19.2 Å². The summed E-state index contributed by atoms with van der Waals surface area (Å²) in [7, 11) is 0. The monoisotopic (exact) mass is 457 g/mol. The third-order valence-corrected chi connectivity index (χ3v) is 4.27. The molecule has 0 saturated heterocycles. The molecule has 0 heterocycles. The molecule has 2 aromatic carbocycles. The Morgan fingerprint density at radius 3 is 1.67 bits per heavy atom. The Labute approximate surface area is 193 Å². The Morgan fingerprint density at radius 1 is 0.727 bits per heavy atom. The minimum Gasteiger partial charge on any atom is -0.481 e. The van der Waals surface area contributed by atoms with Crippen molar-refractivity contribution in [2.75, 3.05) is 30.3 Å². The quantitative estimate of drug-likeness (QED) is 0.359. The lowest BCUT2D eigenvalue weighted by Gasteiger charge is -2.19. The SMILES string of the molecule is CCC(=O)O.O=C(O)CN(CCCCC(=O)Nc1ccccc1)CC(=O)Nc1ccccc1. The van der Waals surface area contributed by atoms with Crippen molar-refractivity contribution in [1.29, 1.82) is 0 Å². The normalized spacial score (nSPS) is 10.0. The molecule has 0 atom stereocenters. The number of nitrogens with zero attached hydrogens (tertiary/aromatic N) is 1. The summed E-state index contributed by atoms with van der Waals surface area (Å²) >= 11 is 0. The zero-order valence-electron chi connectivity index (χ0n) is 18.7. The van der Waals surface area contributed by atoms with Crippen LogP contribution >= 0.6 is 0 Å². The predicted molar refractivity (Wildman–Crippen MR) is 126 cm³/mol. The second-order valence-electron chi connectivity index (χ2n) is 7.14. The highest BCUT2D eigenvalue weighted by atomic mass is 16.4. The van der Waals surface area contributed by atoms with Crippen LogP contribution in [0.5, 0.6) is 0 Å². The molecule has 2 aromatic rings. The average Bonchev–Trinajstić information content (AvgIpc) is 2.78. The van der Waals surface area contributed by atoms with Gasteiger partial charge in [0, 0.05) is 24.2 Å². The number of carboxylic acids is 2. The number of hydrogen-bond acceptors (Lipinski definition) is 5. The molecule has 2 amide bonds. The molecule has 178 valence electrons. The molecule has 0 fully saturated rings. The molecule has 0 aliphatic heterocycles. The standard InChI is InChI=1S/C21H25N3O4.C3H6O2/c25-19(22-17-9-3-1-4-10-17)13-7-8-14-24(16-21(27)28)15-20(26)23-18-11-5-2-6-12-18;1-2-3(4)5/h1-6,9-12H,7-8,13-16H2,(H,22,25)(H,23,26)(H,27,28);2H2,1H3,(H,4,5). The first-order valence-corrected chi connectivity index (χ1v) is 10.7. The number of carbonyl (C=O) groups is 4. The van der Waals surface area contributed by atoms with Gasteiger partial charge in [0.15, 0.2) is 0 Å². The first-order chi connectivity index (χ1) is 15.8. The Kier molecular flexibility index (Phi) is 13.2. The number of carbonyl (C=O) groups excluding carboxylic acids is 2. The van der Waals surface area contributed by atoms with Crippen LogP contribution in [0.25, 0.3) is 0 Å². The largest absolute Gasteiger partial charge is 0.481 e. The first-order valence-electron chi connectivity index (χ1n) is 10.7. The van der Waals surface area contributed by atoms with Crippen LogP contribution in [0.3, 0.4) is 0 Å². The number of rotatable bonds is 12. The average molecular weight is 458 g/mol. The van der Waals surface area contributed by atoms with E-state index in [2.05, 4.69) is 10.6 Å². The van der Waals surface area contributed by atoms with Crippen molar-refractivity contribution in [1.82, 2.24) is 4.90 Å². The number of para-hydroxylation sites is 2. The van der Waals surface area contributed by atoms with E-state index in [1.807, 2.05) is 48.5 Å². The molecule has 0 aliphatic rings. The molecule has 9 nitrogen and oxygen atoms in total. The van der Waals surface area contributed by atoms with Gasteiger partial charge in [-0.1, -0.05) is 43.3 Å². The summed E-state index contributed by atoms with van der Waals surface area (Å²) in [6.45, 7) is 1.78. The van der Waals surface area contributed by atoms with Gasteiger partial charge in [-0.25, -0.2) is 0 Å². The molecular weight excluding hydrogens is 426 g/mol. The van der Waals surface area contributed by atoms with E-state index in [4.69, 9.17) is 10.2 Å². The first kappa shape index (κ1) is 27.3. The summed E-state index contributed by atoms with van der Waals surface area (Å²) in [6, 6.07) is 18.2. The number of carboxylic acid groups (broad SMARTS) is 2. The molecule has 0 radical (unpaired) electrons. The minimum absolute atomic E-state index is 0.0165. The topological polar surface area (TPSA) is 136 Å². The molecule has 0 bridgehead atoms. The molecular formula is C24H31N3O6. The van der Waals surface area contributed by atoms with Gasteiger partial charge in [-0.05, 0) is 43.7 Å². The van der Waals surface area contributed by atoms with Crippen molar-refractivity contribution in [3.63, 3.8) is 0 Å². The van der Waals surface area contributed by atoms with Crippen molar-refractivity contribution in [2.45, 2.75) is 32.6 Å². The maximum absolute atomic E-state index is 12.1. The molecule has 0 aliphatic carbocycles. The molecule has 0 saturated carbocycles. The summed E-state index contributed by atoms with van der Waals surface area (Å²) in [4.78, 5) is 46.1. The molecule has 4 N–H and O–H groups in total. The van der Waals surface area contributed by atoms with Crippen molar-refractivity contribution in [2.24, 2.45) is 0 Å². The number of amides is 2. The smallest absolute Gasteiger partial charge is 0.317 e. The zero-order chi connectivity index (χ0) is 24.5. The van der Waals surface area contributed by atoms with E-state index >= 15 is 0 Å². The second-order valence-corrected chi connectivity index (χ2v) is 7.14. The Morgan fingerprint density at radius 2 is 1.21 bits per heavy atom. The summed E-state index contributed by atoms with van der Waals surface area (Å²) in [5, 5.41) is 22.3. The van der Waals surface area contributed by atoms with E-state index in [0.29, 0.717) is 31.5 Å². The lowest BCUT2D eigenvalue weighted by Crippen LogP contribution is -2.37. The van der Waals surface area contributed by atoms with E-state index in [0.717, 1.165) is 5.69 Å². The number of anilines is 2. The van der Waals surface area contributed by atoms with Gasteiger partial charge in [-0.2, -0.15) is 0 Å². The Bertz CT molecular complexity index is 874. The van der Waals surface area contributed by atoms with Crippen molar-refractivity contribution in [3.8, 4) is 0 Å². The van der Waals surface area contributed by atoms with Crippen LogP contribution in [-0.4, -0.2) is 58.5 Å². The van der Waals surface area contributed by atoms with Crippen LogP contribution in [0.2, 0.25) is 0 Å². The van der Waals surface area contributed by atoms with Gasteiger partial charge < -0.3 is 20.8 Å². The number of hydrogen-bond donors (Lipinski definition) is 4. The third kappa shape index (κ3) is 14.1. The fourth-order valence-electron chi connectivity index (χ4n) is 2.70. The third-order valence-electron chi connectivity index (χ3n) is 4.27. The molecule has 0 aromatic heterocycles. The number of aliphatic carboxylic acids is 2. The van der Waals surface area contributed by atoms with E-state index < -0.39 is 11.9 Å². The molecule has 9 heteroatoms. The fourth-order valence-corrected chi connectivity index (χ4v) is 2.70. The summed E-state index contributed by atoms with van der Waals surface area (Å²) in [5.74, 6) is -2.09. The van der Waals surface area contributed by atoms with Crippen molar-refractivity contribution >= 4 is 35.1 Å². The molecule has 2 rings (SSSR count).